The van der Waals surface area contributed by atoms with Crippen LogP contribution in [0.4, 0.5) is 0 Å². The Labute approximate surface area is 120 Å². The van der Waals surface area contributed by atoms with E-state index in [2.05, 4.69) is 25.9 Å². The molecule has 0 spiro atoms. The van der Waals surface area contributed by atoms with Gasteiger partial charge < -0.3 is 20.4 Å². The molecule has 0 aliphatic rings. The van der Waals surface area contributed by atoms with Gasteiger partial charge in [0.2, 0.25) is 0 Å². The Morgan fingerprint density at radius 2 is 2.05 bits per heavy atom. The van der Waals surface area contributed by atoms with E-state index >= 15 is 0 Å². The Balaban J connectivity index is 2.73. The van der Waals surface area contributed by atoms with Crippen molar-refractivity contribution in [2.45, 2.75) is 39.9 Å². The number of benzene rings is 1. The molecule has 0 radical (unpaired) electrons. The maximum absolute atomic E-state index is 8.72. The van der Waals surface area contributed by atoms with Gasteiger partial charge in [-0.1, -0.05) is 25.1 Å². The van der Waals surface area contributed by atoms with Crippen molar-refractivity contribution in [3.05, 3.63) is 29.3 Å². The van der Waals surface area contributed by atoms with E-state index in [9.17, 15) is 0 Å². The molecule has 1 unspecified atom stereocenters. The minimum Gasteiger partial charge on any atom is -0.496 e. The van der Waals surface area contributed by atoms with Crippen LogP contribution in [-0.4, -0.2) is 24.3 Å². The fourth-order valence-electron chi connectivity index (χ4n) is 2.06. The molecule has 0 saturated carbocycles. The predicted molar refractivity (Wildman–Crippen MR) is 79.2 cm³/mol. The van der Waals surface area contributed by atoms with Crippen LogP contribution in [-0.2, 0) is 11.3 Å². The first-order valence-corrected chi connectivity index (χ1v) is 6.74. The molecule has 0 aliphatic heterocycles. The third-order valence-corrected chi connectivity index (χ3v) is 2.99. The number of hydrogen-bond donors (Lipinski definition) is 2. The van der Waals surface area contributed by atoms with Gasteiger partial charge in [0.25, 0.3) is 0 Å². The first kappa shape index (κ1) is 16.3. The van der Waals surface area contributed by atoms with Crippen molar-refractivity contribution in [2.75, 3.05) is 7.11 Å². The molecule has 5 nitrogen and oxygen atoms in total. The molecule has 0 heterocycles. The second-order valence-corrected chi connectivity index (χ2v) is 5.27. The van der Waals surface area contributed by atoms with E-state index in [4.69, 9.17) is 20.4 Å². The first-order chi connectivity index (χ1) is 9.47. The molecular weight excluding hydrogens is 256 g/mol. The molecule has 3 N–H and O–H groups in total. The first-order valence-electron chi connectivity index (χ1n) is 6.74. The van der Waals surface area contributed by atoms with E-state index in [1.165, 1.54) is 0 Å². The highest BCUT2D eigenvalue weighted by atomic mass is 16.5. The third-order valence-electron chi connectivity index (χ3n) is 2.99. The molecule has 1 aromatic carbocycles. The lowest BCUT2D eigenvalue weighted by atomic mass is 10.1. The van der Waals surface area contributed by atoms with Crippen LogP contribution in [0.15, 0.2) is 23.4 Å². The van der Waals surface area contributed by atoms with Crippen molar-refractivity contribution in [1.82, 2.24) is 0 Å². The summed E-state index contributed by atoms with van der Waals surface area (Å²) in [6.07, 6.45) is 1.24. The molecular formula is C15H24N2O3. The number of nitrogens with two attached hydrogens (primary N) is 1. The molecule has 20 heavy (non-hydrogen) atoms. The molecule has 112 valence electrons. The molecule has 0 bridgehead atoms. The van der Waals surface area contributed by atoms with Crippen molar-refractivity contribution in [3.63, 3.8) is 0 Å². The SMILES string of the molecule is COc1cc(COC(C)CC(C)C)ccc1/C(N)=N/O. The predicted octanol–water partition coefficient (Wildman–Crippen LogP) is 2.74. The summed E-state index contributed by atoms with van der Waals surface area (Å²) in [5.41, 5.74) is 7.14. The maximum Gasteiger partial charge on any atom is 0.173 e. The van der Waals surface area contributed by atoms with Crippen LogP contribution < -0.4 is 10.5 Å². The van der Waals surface area contributed by atoms with Crippen molar-refractivity contribution in [3.8, 4) is 5.75 Å². The van der Waals surface area contributed by atoms with Crippen molar-refractivity contribution in [1.29, 1.82) is 0 Å². The standard InChI is InChI=1S/C15H24N2O3/c1-10(2)7-11(3)20-9-12-5-6-13(15(16)17-18)14(8-12)19-4/h5-6,8,10-11,18H,7,9H2,1-4H3,(H2,16,17). The highest BCUT2D eigenvalue weighted by molar-refractivity contribution is 5.99. The number of rotatable bonds is 7. The van der Waals surface area contributed by atoms with E-state index in [-0.39, 0.29) is 11.9 Å². The van der Waals surface area contributed by atoms with Gasteiger partial charge in [-0.25, -0.2) is 0 Å². The van der Waals surface area contributed by atoms with Crippen LogP contribution in [0.3, 0.4) is 0 Å². The number of methoxy groups -OCH3 is 1. The van der Waals surface area contributed by atoms with Crippen LogP contribution in [0, 0.1) is 5.92 Å². The van der Waals surface area contributed by atoms with Gasteiger partial charge in [0.15, 0.2) is 5.84 Å². The molecule has 1 aromatic rings. The van der Waals surface area contributed by atoms with Crippen molar-refractivity contribution >= 4 is 5.84 Å². The minimum absolute atomic E-state index is 0.0301. The Bertz CT molecular complexity index is 458. The smallest absolute Gasteiger partial charge is 0.173 e. The highest BCUT2D eigenvalue weighted by Gasteiger charge is 2.10. The van der Waals surface area contributed by atoms with Gasteiger partial charge in [0.05, 0.1) is 25.4 Å². The second kappa shape index (κ2) is 7.75. The lowest BCUT2D eigenvalue weighted by Crippen LogP contribution is -2.15. The van der Waals surface area contributed by atoms with Gasteiger partial charge in [-0.2, -0.15) is 0 Å². The molecule has 0 fully saturated rings. The topological polar surface area (TPSA) is 77.1 Å². The zero-order chi connectivity index (χ0) is 15.1. The van der Waals surface area contributed by atoms with Gasteiger partial charge in [-0.15, -0.1) is 0 Å². The average molecular weight is 280 g/mol. The van der Waals surface area contributed by atoms with E-state index < -0.39 is 0 Å². The van der Waals surface area contributed by atoms with Crippen molar-refractivity contribution in [2.24, 2.45) is 16.8 Å². The van der Waals surface area contributed by atoms with Gasteiger partial charge in [0, 0.05) is 0 Å². The summed E-state index contributed by atoms with van der Waals surface area (Å²) in [6, 6.07) is 5.49. The molecule has 0 saturated heterocycles. The summed E-state index contributed by atoms with van der Waals surface area (Å²) in [6.45, 7) is 6.94. The van der Waals surface area contributed by atoms with Crippen LogP contribution in [0.5, 0.6) is 5.75 Å². The Hall–Kier alpha value is -1.75. The lowest BCUT2D eigenvalue weighted by molar-refractivity contribution is 0.0396. The van der Waals surface area contributed by atoms with E-state index in [1.807, 2.05) is 12.1 Å². The molecule has 1 rings (SSSR count). The quantitative estimate of drug-likeness (QED) is 0.348. The van der Waals surface area contributed by atoms with E-state index in [0.29, 0.717) is 23.8 Å². The number of hydrogen-bond acceptors (Lipinski definition) is 4. The molecule has 0 aromatic heterocycles. The molecule has 5 heteroatoms. The Kier molecular flexibility index (Phi) is 6.31. The maximum atomic E-state index is 8.72. The van der Waals surface area contributed by atoms with Gasteiger partial charge in [0.1, 0.15) is 5.75 Å². The Morgan fingerprint density at radius 3 is 2.60 bits per heavy atom. The van der Waals surface area contributed by atoms with Gasteiger partial charge in [-0.05, 0) is 37.0 Å². The third kappa shape index (κ3) is 4.74. The number of oxime groups is 1. The van der Waals surface area contributed by atoms with Gasteiger partial charge in [-0.3, -0.25) is 0 Å². The lowest BCUT2D eigenvalue weighted by Gasteiger charge is -2.16. The Morgan fingerprint density at radius 1 is 1.35 bits per heavy atom. The zero-order valence-electron chi connectivity index (χ0n) is 12.6. The molecule has 1 atom stereocenters. The minimum atomic E-state index is 0.0301. The summed E-state index contributed by atoms with van der Waals surface area (Å²) in [7, 11) is 1.55. The van der Waals surface area contributed by atoms with Crippen LogP contribution in [0.25, 0.3) is 0 Å². The van der Waals surface area contributed by atoms with Gasteiger partial charge >= 0.3 is 0 Å². The highest BCUT2D eigenvalue weighted by Crippen LogP contribution is 2.21. The summed E-state index contributed by atoms with van der Waals surface area (Å²) >= 11 is 0. The largest absolute Gasteiger partial charge is 0.496 e. The second-order valence-electron chi connectivity index (χ2n) is 5.27. The van der Waals surface area contributed by atoms with E-state index in [0.717, 1.165) is 12.0 Å². The summed E-state index contributed by atoms with van der Waals surface area (Å²) in [4.78, 5) is 0. The summed E-state index contributed by atoms with van der Waals surface area (Å²) < 4.78 is 11.1. The number of nitrogens with zero attached hydrogens (tertiary/aromatic N) is 1. The summed E-state index contributed by atoms with van der Waals surface area (Å²) in [5, 5.41) is 11.7. The monoisotopic (exact) mass is 280 g/mol. The van der Waals surface area contributed by atoms with Crippen molar-refractivity contribution < 1.29 is 14.7 Å². The van der Waals surface area contributed by atoms with Crippen LogP contribution in [0.1, 0.15) is 38.3 Å². The average Bonchev–Trinajstić information content (AvgIpc) is 2.43. The summed E-state index contributed by atoms with van der Waals surface area (Å²) in [5.74, 6) is 1.21. The van der Waals surface area contributed by atoms with Crippen LogP contribution in [0.2, 0.25) is 0 Å². The van der Waals surface area contributed by atoms with Crippen LogP contribution >= 0.6 is 0 Å². The fraction of sp³-hybridized carbons (Fsp3) is 0.533. The van der Waals surface area contributed by atoms with E-state index in [1.54, 1.807) is 13.2 Å². The fourth-order valence-corrected chi connectivity index (χ4v) is 2.06. The molecule has 0 amide bonds. The number of amidine groups is 1. The number of ether oxygens (including phenoxy) is 2. The zero-order valence-corrected chi connectivity index (χ0v) is 12.6. The molecule has 0 aliphatic carbocycles. The normalized spacial score (nSPS) is 13.6.